The molecule has 0 spiro atoms. The average molecular weight is 324 g/mol. The summed E-state index contributed by atoms with van der Waals surface area (Å²) in [6.45, 7) is 2.47. The molecular formula is C10H14FIN2O. The Kier molecular flexibility index (Phi) is 4.93. The van der Waals surface area contributed by atoms with Crippen molar-refractivity contribution >= 4 is 23.7 Å². The number of alkyl halides is 2. The number of amides is 1. The van der Waals surface area contributed by atoms with Gasteiger partial charge in [-0.15, -0.1) is 0 Å². The monoisotopic (exact) mass is 324 g/mol. The van der Waals surface area contributed by atoms with Gasteiger partial charge in [0.1, 0.15) is 0 Å². The molecule has 1 N–H and O–H groups in total. The Morgan fingerprint density at radius 1 is 1.60 bits per heavy atom. The second-order valence-electron chi connectivity index (χ2n) is 2.97. The summed E-state index contributed by atoms with van der Waals surface area (Å²) in [4.78, 5) is 17.0. The summed E-state index contributed by atoms with van der Waals surface area (Å²) in [5, 5.41) is 2.84. The summed E-state index contributed by atoms with van der Waals surface area (Å²) in [6.07, 6.45) is 1.44. The number of nitrogens with zero attached hydrogens (tertiary/aromatic N) is 1. The number of hydrogen-bond acceptors (Lipinski definition) is 2. The number of halogens is 2. The predicted molar refractivity (Wildman–Crippen MR) is 66.9 cm³/mol. The van der Waals surface area contributed by atoms with Crippen molar-refractivity contribution in [1.82, 2.24) is 10.3 Å². The SMILES string of the molecule is CCI(C)C(=O)NCc1ccc(F)nc1. The van der Waals surface area contributed by atoms with E-state index in [4.69, 9.17) is 0 Å². The molecule has 0 radical (unpaired) electrons. The van der Waals surface area contributed by atoms with Gasteiger partial charge in [-0.25, -0.2) is 0 Å². The fourth-order valence-electron chi connectivity index (χ4n) is 0.918. The molecule has 1 aromatic heterocycles. The van der Waals surface area contributed by atoms with Crippen molar-refractivity contribution in [2.24, 2.45) is 0 Å². The number of pyridine rings is 1. The molecule has 5 heteroatoms. The van der Waals surface area contributed by atoms with Crippen LogP contribution in [0.2, 0.25) is 0 Å². The summed E-state index contributed by atoms with van der Waals surface area (Å²) in [5.41, 5.74) is 0.824. The molecule has 0 unspecified atom stereocenters. The normalized spacial score (nSPS) is 11.0. The van der Waals surface area contributed by atoms with Crippen molar-refractivity contribution in [2.75, 3.05) is 9.36 Å². The number of carbonyl (C=O) groups is 1. The topological polar surface area (TPSA) is 42.0 Å². The van der Waals surface area contributed by atoms with Gasteiger partial charge in [-0.2, -0.15) is 0 Å². The first kappa shape index (κ1) is 12.4. The molecule has 1 heterocycles. The molecule has 0 atom stereocenters. The molecule has 15 heavy (non-hydrogen) atoms. The molecule has 0 saturated carbocycles. The zero-order valence-corrected chi connectivity index (χ0v) is 10.9. The third-order valence-corrected chi connectivity index (χ3v) is 6.26. The van der Waals surface area contributed by atoms with E-state index in [9.17, 15) is 9.18 Å². The van der Waals surface area contributed by atoms with E-state index in [-0.39, 0.29) is 3.91 Å². The van der Waals surface area contributed by atoms with Crippen LogP contribution in [0.4, 0.5) is 9.18 Å². The summed E-state index contributed by atoms with van der Waals surface area (Å²) in [5.74, 6) is -0.498. The third-order valence-electron chi connectivity index (χ3n) is 1.91. The Morgan fingerprint density at radius 2 is 2.33 bits per heavy atom. The minimum absolute atomic E-state index is 0.172. The van der Waals surface area contributed by atoms with Crippen LogP contribution in [-0.4, -0.2) is 18.3 Å². The first-order valence-corrected chi connectivity index (χ1v) is 9.33. The minimum atomic E-state index is -1.44. The van der Waals surface area contributed by atoms with Crippen LogP contribution in [0, 0.1) is 5.95 Å². The first-order valence-electron chi connectivity index (χ1n) is 4.57. The summed E-state index contributed by atoms with van der Waals surface area (Å²) in [7, 11) is 0. The van der Waals surface area contributed by atoms with Crippen LogP contribution >= 0.6 is 19.8 Å². The van der Waals surface area contributed by atoms with Gasteiger partial charge in [0.05, 0.1) is 0 Å². The van der Waals surface area contributed by atoms with Gasteiger partial charge in [0.15, 0.2) is 0 Å². The second kappa shape index (κ2) is 5.99. The predicted octanol–water partition coefficient (Wildman–Crippen LogP) is 2.59. The quantitative estimate of drug-likeness (QED) is 0.304. The van der Waals surface area contributed by atoms with Crippen LogP contribution in [0.15, 0.2) is 18.3 Å². The van der Waals surface area contributed by atoms with Crippen LogP contribution in [0.25, 0.3) is 0 Å². The third kappa shape index (κ3) is 4.11. The van der Waals surface area contributed by atoms with Gasteiger partial charge < -0.3 is 0 Å². The van der Waals surface area contributed by atoms with E-state index in [1.165, 1.54) is 12.3 Å². The zero-order chi connectivity index (χ0) is 11.3. The second-order valence-corrected chi connectivity index (χ2v) is 8.85. The molecule has 1 aromatic rings. The van der Waals surface area contributed by atoms with E-state index in [0.717, 1.165) is 9.99 Å². The van der Waals surface area contributed by atoms with Crippen LogP contribution in [0.1, 0.15) is 12.5 Å². The maximum absolute atomic E-state index is 12.5. The van der Waals surface area contributed by atoms with Gasteiger partial charge >= 0.3 is 95.9 Å². The molecule has 0 bridgehead atoms. The Bertz CT molecular complexity index is 329. The maximum atomic E-state index is 12.5. The zero-order valence-electron chi connectivity index (χ0n) is 8.76. The first-order chi connectivity index (χ1) is 7.13. The molecule has 0 aromatic carbocycles. The fourth-order valence-corrected chi connectivity index (χ4v) is 2.45. The standard InChI is InChI=1S/C10H14FIN2O/c1-3-12(2)10(15)14-7-8-4-5-9(11)13-6-8/h4-6H,3,7H2,1-2H3,(H,14,15). The Morgan fingerprint density at radius 3 is 2.87 bits per heavy atom. The molecule has 3 nitrogen and oxygen atoms in total. The number of carbonyl (C=O) groups excluding carboxylic acids is 1. The molecule has 0 aliphatic rings. The molecule has 1 amide bonds. The van der Waals surface area contributed by atoms with Crippen LogP contribution < -0.4 is 5.32 Å². The summed E-state index contributed by atoms with van der Waals surface area (Å²) >= 11 is -1.44. The Hall–Kier alpha value is -0.720. The summed E-state index contributed by atoms with van der Waals surface area (Å²) in [6, 6.07) is 2.92. The molecule has 0 aliphatic heterocycles. The van der Waals surface area contributed by atoms with Crippen molar-refractivity contribution in [2.45, 2.75) is 13.5 Å². The Labute approximate surface area is 95.9 Å². The van der Waals surface area contributed by atoms with Crippen LogP contribution in [0.5, 0.6) is 0 Å². The molecule has 1 rings (SSSR count). The molecule has 0 aliphatic carbocycles. The van der Waals surface area contributed by atoms with E-state index in [1.54, 1.807) is 6.07 Å². The van der Waals surface area contributed by atoms with Crippen molar-refractivity contribution < 1.29 is 9.18 Å². The average Bonchev–Trinajstić information content (AvgIpc) is 2.26. The Balaban J connectivity index is 2.43. The van der Waals surface area contributed by atoms with Crippen LogP contribution in [-0.2, 0) is 6.54 Å². The van der Waals surface area contributed by atoms with Crippen molar-refractivity contribution in [3.05, 3.63) is 29.8 Å². The number of aromatic nitrogens is 1. The van der Waals surface area contributed by atoms with Crippen molar-refractivity contribution in [1.29, 1.82) is 0 Å². The van der Waals surface area contributed by atoms with Gasteiger partial charge in [0, 0.05) is 0 Å². The van der Waals surface area contributed by atoms with Gasteiger partial charge in [0.25, 0.3) is 0 Å². The molecular weight excluding hydrogens is 310 g/mol. The van der Waals surface area contributed by atoms with E-state index < -0.39 is 25.8 Å². The van der Waals surface area contributed by atoms with Crippen molar-refractivity contribution in [3.63, 3.8) is 0 Å². The van der Waals surface area contributed by atoms with E-state index in [0.29, 0.717) is 6.54 Å². The number of nitrogens with one attached hydrogen (secondary N) is 1. The van der Waals surface area contributed by atoms with Crippen molar-refractivity contribution in [3.8, 4) is 0 Å². The number of rotatable bonds is 4. The van der Waals surface area contributed by atoms with E-state index >= 15 is 0 Å². The summed E-state index contributed by atoms with van der Waals surface area (Å²) < 4.78 is 13.6. The van der Waals surface area contributed by atoms with E-state index in [2.05, 4.69) is 10.3 Å². The van der Waals surface area contributed by atoms with Gasteiger partial charge in [-0.05, 0) is 0 Å². The van der Waals surface area contributed by atoms with Crippen LogP contribution in [0.3, 0.4) is 0 Å². The number of hydrogen-bond donors (Lipinski definition) is 1. The van der Waals surface area contributed by atoms with Gasteiger partial charge in [0.2, 0.25) is 0 Å². The van der Waals surface area contributed by atoms with Gasteiger partial charge in [-0.3, -0.25) is 0 Å². The fraction of sp³-hybridized carbons (Fsp3) is 0.400. The molecule has 0 saturated heterocycles. The molecule has 84 valence electrons. The van der Waals surface area contributed by atoms with Gasteiger partial charge in [-0.1, -0.05) is 0 Å². The molecule has 0 fully saturated rings. The van der Waals surface area contributed by atoms with E-state index in [1.807, 2.05) is 11.9 Å².